The van der Waals surface area contributed by atoms with E-state index in [0.717, 1.165) is 36.2 Å². The van der Waals surface area contributed by atoms with Crippen LogP contribution in [0.2, 0.25) is 0 Å². The fourth-order valence-corrected chi connectivity index (χ4v) is 4.24. The number of hydrogen-bond acceptors (Lipinski definition) is 6. The SMILES string of the molecule is O[C@@H](c1cnc(N2CCc3[nH]cnc3[C@H]2c2cc3c(F)cccn3n2)nc1)C1CC1. The molecule has 2 aliphatic rings. The number of nitrogens with zero attached hydrogens (tertiary/aromatic N) is 6. The third-order valence-corrected chi connectivity index (χ3v) is 6.00. The molecule has 6 rings (SSSR count). The van der Waals surface area contributed by atoms with Gasteiger partial charge in [-0.25, -0.2) is 23.9 Å². The van der Waals surface area contributed by atoms with Crippen LogP contribution in [0.4, 0.5) is 10.3 Å². The lowest BCUT2D eigenvalue weighted by Gasteiger charge is -2.34. The third kappa shape index (κ3) is 2.77. The standard InChI is InChI=1S/C21H20FN7O/c22-14-2-1-6-29-17(14)8-16(27-29)19-18-15(25-11-26-18)5-7-28(19)21-23-9-13(10-24-21)20(30)12-3-4-12/h1-2,6,8-12,19-20,30H,3-5,7H2,(H,25,26)/t19-,20-/m1/s1. The molecule has 9 heteroatoms. The van der Waals surface area contributed by atoms with Gasteiger partial charge in [0, 0.05) is 42.8 Å². The van der Waals surface area contributed by atoms with Crippen LogP contribution in [0.25, 0.3) is 5.52 Å². The summed E-state index contributed by atoms with van der Waals surface area (Å²) in [5, 5.41) is 15.0. The maximum absolute atomic E-state index is 14.3. The van der Waals surface area contributed by atoms with E-state index in [1.807, 2.05) is 4.90 Å². The van der Waals surface area contributed by atoms with E-state index in [4.69, 9.17) is 0 Å². The molecule has 4 aromatic rings. The molecule has 2 atom stereocenters. The fourth-order valence-electron chi connectivity index (χ4n) is 4.24. The highest BCUT2D eigenvalue weighted by Gasteiger charge is 2.35. The number of fused-ring (bicyclic) bond motifs is 2. The van der Waals surface area contributed by atoms with Gasteiger partial charge in [0.15, 0.2) is 0 Å². The van der Waals surface area contributed by atoms with Crippen LogP contribution < -0.4 is 4.90 Å². The molecule has 1 fully saturated rings. The highest BCUT2D eigenvalue weighted by atomic mass is 19.1. The second-order valence-corrected chi connectivity index (χ2v) is 7.97. The lowest BCUT2D eigenvalue weighted by molar-refractivity contribution is 0.153. The lowest BCUT2D eigenvalue weighted by atomic mass is 10.00. The number of imidazole rings is 1. The number of hydrogen-bond donors (Lipinski definition) is 2. The van der Waals surface area contributed by atoms with Gasteiger partial charge in [0.1, 0.15) is 17.4 Å². The fraction of sp³-hybridized carbons (Fsp3) is 0.333. The molecule has 0 bridgehead atoms. The second-order valence-electron chi connectivity index (χ2n) is 7.97. The summed E-state index contributed by atoms with van der Waals surface area (Å²) < 4.78 is 15.8. The van der Waals surface area contributed by atoms with Crippen molar-refractivity contribution in [2.75, 3.05) is 11.4 Å². The van der Waals surface area contributed by atoms with E-state index in [-0.39, 0.29) is 11.9 Å². The zero-order valence-corrected chi connectivity index (χ0v) is 16.1. The van der Waals surface area contributed by atoms with Crippen LogP contribution in [0.3, 0.4) is 0 Å². The Bertz CT molecular complexity index is 1210. The van der Waals surface area contributed by atoms with Gasteiger partial charge in [-0.2, -0.15) is 5.10 Å². The first-order valence-electron chi connectivity index (χ1n) is 10.1. The van der Waals surface area contributed by atoms with Gasteiger partial charge >= 0.3 is 0 Å². The van der Waals surface area contributed by atoms with Crippen molar-refractivity contribution in [3.05, 3.63) is 71.6 Å². The van der Waals surface area contributed by atoms with Crippen molar-refractivity contribution in [3.63, 3.8) is 0 Å². The molecular weight excluding hydrogens is 385 g/mol. The minimum Gasteiger partial charge on any atom is -0.388 e. The van der Waals surface area contributed by atoms with Gasteiger partial charge in [-0.15, -0.1) is 0 Å². The Labute approximate surface area is 171 Å². The summed E-state index contributed by atoms with van der Waals surface area (Å²) in [6.45, 7) is 0.667. The quantitative estimate of drug-likeness (QED) is 0.542. The van der Waals surface area contributed by atoms with Crippen LogP contribution >= 0.6 is 0 Å². The molecule has 0 radical (unpaired) electrons. The van der Waals surface area contributed by atoms with E-state index in [1.165, 1.54) is 6.07 Å². The molecule has 4 aromatic heterocycles. The maximum Gasteiger partial charge on any atom is 0.226 e. The molecule has 30 heavy (non-hydrogen) atoms. The van der Waals surface area contributed by atoms with Gasteiger partial charge < -0.3 is 15.0 Å². The molecular formula is C21H20FN7O. The molecule has 152 valence electrons. The minimum atomic E-state index is -0.504. The first kappa shape index (κ1) is 17.5. The molecule has 5 heterocycles. The van der Waals surface area contributed by atoms with Gasteiger partial charge in [-0.05, 0) is 37.0 Å². The Morgan fingerprint density at radius 1 is 1.20 bits per heavy atom. The average Bonchev–Trinajstić information content (AvgIpc) is 3.34. The average molecular weight is 405 g/mol. The summed E-state index contributed by atoms with van der Waals surface area (Å²) in [7, 11) is 0. The zero-order chi connectivity index (χ0) is 20.2. The van der Waals surface area contributed by atoms with Crippen molar-refractivity contribution in [3.8, 4) is 0 Å². The molecule has 2 N–H and O–H groups in total. The van der Waals surface area contributed by atoms with Crippen molar-refractivity contribution < 1.29 is 9.50 Å². The lowest BCUT2D eigenvalue weighted by Crippen LogP contribution is -2.37. The Morgan fingerprint density at radius 2 is 2.03 bits per heavy atom. The van der Waals surface area contributed by atoms with Gasteiger partial charge in [-0.1, -0.05) is 0 Å². The van der Waals surface area contributed by atoms with Crippen molar-refractivity contribution in [2.24, 2.45) is 5.92 Å². The van der Waals surface area contributed by atoms with Crippen molar-refractivity contribution in [1.82, 2.24) is 29.5 Å². The maximum atomic E-state index is 14.3. The van der Waals surface area contributed by atoms with E-state index < -0.39 is 6.10 Å². The number of pyridine rings is 1. The highest BCUT2D eigenvalue weighted by molar-refractivity contribution is 5.53. The van der Waals surface area contributed by atoms with Crippen LogP contribution in [-0.2, 0) is 6.42 Å². The zero-order valence-electron chi connectivity index (χ0n) is 16.1. The van der Waals surface area contributed by atoms with Crippen LogP contribution in [0, 0.1) is 11.7 Å². The molecule has 0 spiro atoms. The Kier molecular flexibility index (Phi) is 3.85. The molecule has 0 aromatic carbocycles. The van der Waals surface area contributed by atoms with Crippen LogP contribution in [-0.4, -0.2) is 41.2 Å². The van der Waals surface area contributed by atoms with Gasteiger partial charge in [-0.3, -0.25) is 0 Å². The largest absolute Gasteiger partial charge is 0.388 e. The third-order valence-electron chi connectivity index (χ3n) is 6.00. The Morgan fingerprint density at radius 3 is 2.80 bits per heavy atom. The van der Waals surface area contributed by atoms with Crippen LogP contribution in [0.1, 0.15) is 47.6 Å². The minimum absolute atomic E-state index is 0.321. The van der Waals surface area contributed by atoms with Crippen LogP contribution in [0.15, 0.2) is 43.1 Å². The van der Waals surface area contributed by atoms with Crippen molar-refractivity contribution in [1.29, 1.82) is 0 Å². The number of H-pyrrole nitrogens is 1. The van der Waals surface area contributed by atoms with E-state index in [2.05, 4.69) is 25.0 Å². The smallest absolute Gasteiger partial charge is 0.226 e. The van der Waals surface area contributed by atoms with Gasteiger partial charge in [0.25, 0.3) is 0 Å². The summed E-state index contributed by atoms with van der Waals surface area (Å²) in [6, 6.07) is 4.47. The number of anilines is 1. The highest BCUT2D eigenvalue weighted by Crippen LogP contribution is 2.41. The van der Waals surface area contributed by atoms with E-state index in [1.54, 1.807) is 41.6 Å². The number of aliphatic hydroxyl groups excluding tert-OH is 1. The first-order chi connectivity index (χ1) is 14.7. The van der Waals surface area contributed by atoms with E-state index in [0.29, 0.717) is 29.6 Å². The topological polar surface area (TPSA) is 95.2 Å². The number of aromatic amines is 1. The number of aliphatic hydroxyl groups is 1. The summed E-state index contributed by atoms with van der Waals surface area (Å²) in [6.07, 6.45) is 9.16. The monoisotopic (exact) mass is 405 g/mol. The second kappa shape index (κ2) is 6.60. The summed E-state index contributed by atoms with van der Waals surface area (Å²) in [4.78, 5) is 18.9. The van der Waals surface area contributed by atoms with E-state index >= 15 is 0 Å². The molecule has 0 amide bonds. The number of halogens is 1. The summed E-state index contributed by atoms with van der Waals surface area (Å²) in [5.41, 5.74) is 3.72. The predicted octanol–water partition coefficient (Wildman–Crippen LogP) is 2.58. The van der Waals surface area contributed by atoms with Crippen LogP contribution in [0.5, 0.6) is 0 Å². The molecule has 0 saturated heterocycles. The molecule has 0 unspecified atom stereocenters. The molecule has 1 aliphatic heterocycles. The van der Waals surface area contributed by atoms with Gasteiger partial charge in [0.2, 0.25) is 5.95 Å². The first-order valence-corrected chi connectivity index (χ1v) is 10.1. The van der Waals surface area contributed by atoms with Crippen molar-refractivity contribution >= 4 is 11.5 Å². The number of rotatable bonds is 4. The molecule has 1 aliphatic carbocycles. The molecule has 8 nitrogen and oxygen atoms in total. The summed E-state index contributed by atoms with van der Waals surface area (Å²) in [5.74, 6) is 0.537. The predicted molar refractivity (Wildman–Crippen MR) is 106 cm³/mol. The normalized spacial score (nSPS) is 19.8. The summed E-state index contributed by atoms with van der Waals surface area (Å²) >= 11 is 0. The van der Waals surface area contributed by atoms with E-state index in [9.17, 15) is 9.50 Å². The number of aromatic nitrogens is 6. The number of nitrogens with one attached hydrogen (secondary N) is 1. The molecule has 1 saturated carbocycles. The van der Waals surface area contributed by atoms with Gasteiger partial charge in [0.05, 0.1) is 23.8 Å². The Balaban J connectivity index is 1.42. The Hall–Kier alpha value is -3.33. The van der Waals surface area contributed by atoms with Crippen molar-refractivity contribution in [2.45, 2.75) is 31.4 Å².